The van der Waals surface area contributed by atoms with Crippen LogP contribution in [-0.4, -0.2) is 29.8 Å². The summed E-state index contributed by atoms with van der Waals surface area (Å²) < 4.78 is 27.9. The van der Waals surface area contributed by atoms with Crippen molar-refractivity contribution in [3.05, 3.63) is 36.0 Å². The minimum absolute atomic E-state index is 0.0225. The smallest absolute Gasteiger partial charge is 0.245 e. The summed E-state index contributed by atoms with van der Waals surface area (Å²) in [7, 11) is -2.05. The van der Waals surface area contributed by atoms with E-state index in [9.17, 15) is 8.42 Å². The molecule has 4 N–H and O–H groups in total. The Morgan fingerprint density at radius 1 is 1.35 bits per heavy atom. The normalized spacial score (nSPS) is 11.7. The summed E-state index contributed by atoms with van der Waals surface area (Å²) in [5.41, 5.74) is 6.47. The number of nitrogens with two attached hydrogens (primary N) is 1. The van der Waals surface area contributed by atoms with Gasteiger partial charge >= 0.3 is 0 Å². The Balaban J connectivity index is 1.99. The van der Waals surface area contributed by atoms with Crippen LogP contribution in [0, 0.1) is 0 Å². The lowest BCUT2D eigenvalue weighted by Gasteiger charge is -2.05. The summed E-state index contributed by atoms with van der Waals surface area (Å²) in [4.78, 5) is -0.0225. The molecule has 0 saturated carbocycles. The number of phenolic OH excluding ortho intramolecular Hbond substituents is 1. The second-order valence-corrected chi connectivity index (χ2v) is 6.10. The van der Waals surface area contributed by atoms with Crippen molar-refractivity contribution in [1.82, 2.24) is 14.5 Å². The fraction of sp³-hybridized carbons (Fsp3) is 0.250. The molecule has 1 aromatic heterocycles. The Morgan fingerprint density at radius 3 is 2.55 bits per heavy atom. The van der Waals surface area contributed by atoms with Crippen LogP contribution in [0.4, 0.5) is 5.82 Å². The molecule has 0 bridgehead atoms. The highest BCUT2D eigenvalue weighted by Crippen LogP contribution is 2.15. The molecule has 0 amide bonds. The average Bonchev–Trinajstić information content (AvgIpc) is 2.72. The van der Waals surface area contributed by atoms with Gasteiger partial charge in [0, 0.05) is 19.8 Å². The summed E-state index contributed by atoms with van der Waals surface area (Å²) in [5.74, 6) is 0.155. The second-order valence-electron chi connectivity index (χ2n) is 4.37. The fourth-order valence-corrected chi connectivity index (χ4v) is 2.89. The van der Waals surface area contributed by atoms with E-state index in [0.29, 0.717) is 6.42 Å². The molecule has 0 unspecified atom stereocenters. The van der Waals surface area contributed by atoms with Gasteiger partial charge < -0.3 is 10.8 Å². The van der Waals surface area contributed by atoms with Crippen molar-refractivity contribution in [3.8, 4) is 5.75 Å². The topological polar surface area (TPSA) is 110 Å². The largest absolute Gasteiger partial charge is 0.508 e. The molecule has 7 nitrogen and oxygen atoms in total. The van der Waals surface area contributed by atoms with E-state index < -0.39 is 10.0 Å². The van der Waals surface area contributed by atoms with Gasteiger partial charge in [-0.3, -0.25) is 4.68 Å². The standard InChI is InChI=1S/C12H16N4O3S/c1-16-8-11(12(13)15-16)20(18,19)14-7-6-9-2-4-10(17)5-3-9/h2-5,8,14,17H,6-7H2,1H3,(H2,13,15). The molecule has 108 valence electrons. The van der Waals surface area contributed by atoms with E-state index in [1.807, 2.05) is 0 Å². The number of anilines is 1. The lowest BCUT2D eigenvalue weighted by Crippen LogP contribution is -2.26. The molecule has 8 heteroatoms. The number of aromatic nitrogens is 2. The molecule has 0 fully saturated rings. The summed E-state index contributed by atoms with van der Waals surface area (Å²) in [6, 6.07) is 6.59. The van der Waals surface area contributed by atoms with Crippen LogP contribution in [0.5, 0.6) is 5.75 Å². The number of benzene rings is 1. The maximum absolute atomic E-state index is 12.0. The van der Waals surface area contributed by atoms with E-state index in [1.165, 1.54) is 10.9 Å². The molecule has 20 heavy (non-hydrogen) atoms. The van der Waals surface area contributed by atoms with Crippen LogP contribution >= 0.6 is 0 Å². The first kappa shape index (κ1) is 14.4. The molecular weight excluding hydrogens is 280 g/mol. The van der Waals surface area contributed by atoms with Crippen LogP contribution < -0.4 is 10.5 Å². The van der Waals surface area contributed by atoms with E-state index in [4.69, 9.17) is 10.8 Å². The Kier molecular flexibility index (Phi) is 3.96. The van der Waals surface area contributed by atoms with Gasteiger partial charge in [-0.1, -0.05) is 12.1 Å². The van der Waals surface area contributed by atoms with Crippen LogP contribution in [0.3, 0.4) is 0 Å². The van der Waals surface area contributed by atoms with E-state index in [0.717, 1.165) is 5.56 Å². The van der Waals surface area contributed by atoms with Crippen molar-refractivity contribution in [3.63, 3.8) is 0 Å². The molecule has 0 atom stereocenters. The third kappa shape index (κ3) is 3.28. The molecule has 0 radical (unpaired) electrons. The van der Waals surface area contributed by atoms with Gasteiger partial charge in [-0.15, -0.1) is 0 Å². The molecule has 2 rings (SSSR count). The van der Waals surface area contributed by atoms with E-state index in [2.05, 4.69) is 9.82 Å². The predicted molar refractivity (Wildman–Crippen MR) is 74.6 cm³/mol. The molecule has 2 aromatic rings. The minimum Gasteiger partial charge on any atom is -0.508 e. The number of hydrogen-bond donors (Lipinski definition) is 3. The molecule has 0 saturated heterocycles. The summed E-state index contributed by atoms with van der Waals surface area (Å²) in [5, 5.41) is 13.0. The van der Waals surface area contributed by atoms with Crippen LogP contribution in [0.1, 0.15) is 5.56 Å². The number of nitrogens with one attached hydrogen (secondary N) is 1. The monoisotopic (exact) mass is 296 g/mol. The third-order valence-electron chi connectivity index (χ3n) is 2.75. The highest BCUT2D eigenvalue weighted by molar-refractivity contribution is 7.89. The number of rotatable bonds is 5. The minimum atomic E-state index is -3.66. The first-order valence-corrected chi connectivity index (χ1v) is 7.43. The first-order valence-electron chi connectivity index (χ1n) is 5.95. The number of hydrogen-bond acceptors (Lipinski definition) is 5. The van der Waals surface area contributed by atoms with Crippen LogP contribution in [0.2, 0.25) is 0 Å². The van der Waals surface area contributed by atoms with Gasteiger partial charge in [-0.25, -0.2) is 13.1 Å². The number of phenols is 1. The molecule has 0 aliphatic carbocycles. The van der Waals surface area contributed by atoms with Gasteiger partial charge in [0.1, 0.15) is 10.6 Å². The average molecular weight is 296 g/mol. The summed E-state index contributed by atoms with van der Waals surface area (Å²) >= 11 is 0. The Hall–Kier alpha value is -2.06. The maximum Gasteiger partial charge on any atom is 0.245 e. The third-order valence-corrected chi connectivity index (χ3v) is 4.23. The Morgan fingerprint density at radius 2 is 2.00 bits per heavy atom. The van der Waals surface area contributed by atoms with Crippen molar-refractivity contribution in [2.45, 2.75) is 11.3 Å². The summed E-state index contributed by atoms with van der Waals surface area (Å²) in [6.07, 6.45) is 1.87. The number of nitrogens with zero attached hydrogens (tertiary/aromatic N) is 2. The lowest BCUT2D eigenvalue weighted by molar-refractivity contribution is 0.475. The van der Waals surface area contributed by atoms with Crippen molar-refractivity contribution in [1.29, 1.82) is 0 Å². The van der Waals surface area contributed by atoms with E-state index in [1.54, 1.807) is 31.3 Å². The quantitative estimate of drug-likeness (QED) is 0.731. The van der Waals surface area contributed by atoms with Gasteiger partial charge in [-0.2, -0.15) is 5.10 Å². The predicted octanol–water partition coefficient (Wildman–Crippen LogP) is 0.229. The van der Waals surface area contributed by atoms with Crippen LogP contribution in [0.25, 0.3) is 0 Å². The highest BCUT2D eigenvalue weighted by atomic mass is 32.2. The van der Waals surface area contributed by atoms with Crippen LogP contribution in [-0.2, 0) is 23.5 Å². The molecular formula is C12H16N4O3S. The van der Waals surface area contributed by atoms with Crippen molar-refractivity contribution in [2.75, 3.05) is 12.3 Å². The van der Waals surface area contributed by atoms with Gasteiger partial charge in [0.15, 0.2) is 5.82 Å². The fourth-order valence-electron chi connectivity index (χ4n) is 1.76. The van der Waals surface area contributed by atoms with Gasteiger partial charge in [-0.05, 0) is 24.1 Å². The van der Waals surface area contributed by atoms with Crippen molar-refractivity contribution >= 4 is 15.8 Å². The number of nitrogen functional groups attached to an aromatic ring is 1. The van der Waals surface area contributed by atoms with Gasteiger partial charge in [0.25, 0.3) is 0 Å². The zero-order chi connectivity index (χ0) is 14.8. The SMILES string of the molecule is Cn1cc(S(=O)(=O)NCCc2ccc(O)cc2)c(N)n1. The van der Waals surface area contributed by atoms with E-state index in [-0.39, 0.29) is 23.0 Å². The lowest BCUT2D eigenvalue weighted by atomic mass is 10.1. The molecule has 1 aromatic carbocycles. The Bertz CT molecular complexity index is 692. The number of aromatic hydroxyl groups is 1. The molecule has 1 heterocycles. The first-order chi connectivity index (χ1) is 9.38. The number of aryl methyl sites for hydroxylation is 1. The van der Waals surface area contributed by atoms with Gasteiger partial charge in [0.05, 0.1) is 0 Å². The number of sulfonamides is 1. The zero-order valence-electron chi connectivity index (χ0n) is 10.9. The molecule has 0 spiro atoms. The van der Waals surface area contributed by atoms with Crippen molar-refractivity contribution in [2.24, 2.45) is 7.05 Å². The van der Waals surface area contributed by atoms with Crippen LogP contribution in [0.15, 0.2) is 35.4 Å². The molecule has 0 aliphatic rings. The Labute approximate surface area is 117 Å². The van der Waals surface area contributed by atoms with E-state index >= 15 is 0 Å². The second kappa shape index (κ2) is 5.51. The van der Waals surface area contributed by atoms with Crippen molar-refractivity contribution < 1.29 is 13.5 Å². The maximum atomic E-state index is 12.0. The van der Waals surface area contributed by atoms with Gasteiger partial charge in [0.2, 0.25) is 10.0 Å². The zero-order valence-corrected chi connectivity index (χ0v) is 11.8. The molecule has 0 aliphatic heterocycles. The summed E-state index contributed by atoms with van der Waals surface area (Å²) in [6.45, 7) is 0.238. The highest BCUT2D eigenvalue weighted by Gasteiger charge is 2.19.